The second-order valence-electron chi connectivity index (χ2n) is 6.95. The molecule has 132 valence electrons. The summed E-state index contributed by atoms with van der Waals surface area (Å²) in [5, 5.41) is 0. The highest BCUT2D eigenvalue weighted by molar-refractivity contribution is 5.78. The molecule has 0 aromatic heterocycles. The van der Waals surface area contributed by atoms with E-state index in [1.807, 2.05) is 4.90 Å². The van der Waals surface area contributed by atoms with Crippen molar-refractivity contribution in [1.29, 1.82) is 0 Å². The maximum atomic E-state index is 12.7. The molecular weight excluding hydrogens is 302 g/mol. The molecule has 1 unspecified atom stereocenters. The van der Waals surface area contributed by atoms with Crippen LogP contribution in [0.25, 0.3) is 0 Å². The topological polar surface area (TPSA) is 36.0 Å². The van der Waals surface area contributed by atoms with Crippen molar-refractivity contribution >= 4 is 5.91 Å². The van der Waals surface area contributed by atoms with Gasteiger partial charge in [0.25, 0.3) is 0 Å². The number of benzene rings is 1. The quantitative estimate of drug-likeness (QED) is 0.813. The molecule has 1 atom stereocenters. The van der Waals surface area contributed by atoms with Crippen LogP contribution in [-0.2, 0) is 22.5 Å². The summed E-state index contributed by atoms with van der Waals surface area (Å²) >= 11 is 0. The number of ether oxygens (including phenoxy) is 1. The number of carbonyl (C=O) groups is 1. The van der Waals surface area contributed by atoms with Crippen LogP contribution in [0.4, 0.5) is 0 Å². The van der Waals surface area contributed by atoms with Gasteiger partial charge in [-0.3, -0.25) is 14.6 Å². The van der Waals surface area contributed by atoms with Crippen molar-refractivity contribution in [1.82, 2.24) is 14.7 Å². The van der Waals surface area contributed by atoms with Crippen LogP contribution in [0.2, 0.25) is 0 Å². The average Bonchev–Trinajstić information content (AvgIpc) is 2.60. The second kappa shape index (κ2) is 8.10. The fourth-order valence-corrected chi connectivity index (χ4v) is 3.75. The van der Waals surface area contributed by atoms with Gasteiger partial charge >= 0.3 is 0 Å². The van der Waals surface area contributed by atoms with Crippen LogP contribution >= 0.6 is 0 Å². The number of piperazine rings is 1. The highest BCUT2D eigenvalue weighted by atomic mass is 16.5. The maximum absolute atomic E-state index is 12.7. The van der Waals surface area contributed by atoms with E-state index >= 15 is 0 Å². The molecule has 0 aliphatic carbocycles. The summed E-state index contributed by atoms with van der Waals surface area (Å²) in [6, 6.07) is 8.95. The number of hydrogen-bond donors (Lipinski definition) is 0. The molecule has 0 spiro atoms. The lowest BCUT2D eigenvalue weighted by Crippen LogP contribution is -2.55. The Labute approximate surface area is 145 Å². The van der Waals surface area contributed by atoms with E-state index in [1.54, 1.807) is 7.11 Å². The van der Waals surface area contributed by atoms with Crippen LogP contribution in [0.5, 0.6) is 0 Å². The minimum absolute atomic E-state index is 0.266. The van der Waals surface area contributed by atoms with Crippen molar-refractivity contribution in [3.63, 3.8) is 0 Å². The number of methoxy groups -OCH3 is 1. The predicted molar refractivity (Wildman–Crippen MR) is 94.9 cm³/mol. The van der Waals surface area contributed by atoms with E-state index in [0.717, 1.165) is 52.3 Å². The first-order valence-corrected chi connectivity index (χ1v) is 8.97. The third-order valence-electron chi connectivity index (χ3n) is 5.27. The molecule has 2 heterocycles. The molecule has 24 heavy (non-hydrogen) atoms. The third-order valence-corrected chi connectivity index (χ3v) is 5.27. The lowest BCUT2D eigenvalue weighted by Gasteiger charge is -2.40. The molecule has 2 aliphatic rings. The van der Waals surface area contributed by atoms with E-state index in [2.05, 4.69) is 41.0 Å². The molecule has 1 aromatic rings. The van der Waals surface area contributed by atoms with Crippen molar-refractivity contribution in [3.8, 4) is 0 Å². The van der Waals surface area contributed by atoms with Gasteiger partial charge in [-0.1, -0.05) is 24.3 Å². The summed E-state index contributed by atoms with van der Waals surface area (Å²) in [5.41, 5.74) is 2.69. The Bertz CT molecular complexity index is 563. The van der Waals surface area contributed by atoms with Gasteiger partial charge in [0.1, 0.15) is 0 Å². The Kier molecular flexibility index (Phi) is 5.87. The molecule has 5 heteroatoms. The predicted octanol–water partition coefficient (Wildman–Crippen LogP) is 1.22. The minimum Gasteiger partial charge on any atom is -0.383 e. The Morgan fingerprint density at radius 3 is 2.75 bits per heavy atom. The molecular formula is C19H29N3O2. The number of carbonyl (C=O) groups excluding carboxylic acids is 1. The molecule has 0 radical (unpaired) electrons. The van der Waals surface area contributed by atoms with Crippen LogP contribution in [0.1, 0.15) is 18.1 Å². The first-order chi connectivity index (χ1) is 11.7. The van der Waals surface area contributed by atoms with Gasteiger partial charge in [-0.2, -0.15) is 0 Å². The van der Waals surface area contributed by atoms with Gasteiger partial charge in [-0.05, 0) is 24.5 Å². The lowest BCUT2D eigenvalue weighted by atomic mass is 10.00. The molecule has 2 aliphatic heterocycles. The number of rotatable bonds is 5. The highest BCUT2D eigenvalue weighted by Gasteiger charge is 2.27. The van der Waals surface area contributed by atoms with Crippen LogP contribution in [0.3, 0.4) is 0 Å². The average molecular weight is 331 g/mol. The summed E-state index contributed by atoms with van der Waals surface area (Å²) in [4.78, 5) is 19.5. The molecule has 1 aromatic carbocycles. The van der Waals surface area contributed by atoms with E-state index in [0.29, 0.717) is 12.6 Å². The van der Waals surface area contributed by atoms with Crippen molar-refractivity contribution < 1.29 is 9.53 Å². The molecule has 3 rings (SSSR count). The Morgan fingerprint density at radius 2 is 2.00 bits per heavy atom. The van der Waals surface area contributed by atoms with E-state index in [9.17, 15) is 4.79 Å². The largest absolute Gasteiger partial charge is 0.383 e. The Hall–Kier alpha value is -1.43. The normalized spacial score (nSPS) is 22.4. The molecule has 1 fully saturated rings. The molecule has 0 bridgehead atoms. The summed E-state index contributed by atoms with van der Waals surface area (Å²) in [6.45, 7) is 9.08. The minimum atomic E-state index is 0.266. The number of hydrogen-bond acceptors (Lipinski definition) is 4. The standard InChI is InChI=1S/C19H29N3O2/c1-16-13-20(9-10-21(16)11-12-24-2)15-19(23)22-8-7-17-5-3-4-6-18(17)14-22/h3-6,16H,7-15H2,1-2H3. The molecule has 1 amide bonds. The molecule has 0 saturated carbocycles. The smallest absolute Gasteiger partial charge is 0.237 e. The molecule has 0 N–H and O–H groups in total. The van der Waals surface area contributed by atoms with Crippen LogP contribution < -0.4 is 0 Å². The van der Waals surface area contributed by atoms with Gasteiger partial charge in [0.15, 0.2) is 0 Å². The van der Waals surface area contributed by atoms with E-state index in [-0.39, 0.29) is 5.91 Å². The van der Waals surface area contributed by atoms with Gasteiger partial charge in [0.2, 0.25) is 5.91 Å². The second-order valence-corrected chi connectivity index (χ2v) is 6.95. The summed E-state index contributed by atoms with van der Waals surface area (Å²) < 4.78 is 5.18. The fraction of sp³-hybridized carbons (Fsp3) is 0.632. The Balaban J connectivity index is 1.49. The van der Waals surface area contributed by atoms with Crippen LogP contribution in [0, 0.1) is 0 Å². The third kappa shape index (κ3) is 4.15. The molecule has 1 saturated heterocycles. The first-order valence-electron chi connectivity index (χ1n) is 8.97. The van der Waals surface area contributed by atoms with Crippen molar-refractivity contribution in [2.24, 2.45) is 0 Å². The van der Waals surface area contributed by atoms with Crippen LogP contribution in [-0.4, -0.2) is 79.6 Å². The van der Waals surface area contributed by atoms with Crippen molar-refractivity contribution in [2.45, 2.75) is 25.9 Å². The van der Waals surface area contributed by atoms with Gasteiger partial charge < -0.3 is 9.64 Å². The number of fused-ring (bicyclic) bond motifs is 1. The monoisotopic (exact) mass is 331 g/mol. The Morgan fingerprint density at radius 1 is 1.21 bits per heavy atom. The number of nitrogens with zero attached hydrogens (tertiary/aromatic N) is 3. The van der Waals surface area contributed by atoms with Gasteiger partial charge in [0, 0.05) is 52.4 Å². The van der Waals surface area contributed by atoms with Gasteiger partial charge in [-0.25, -0.2) is 0 Å². The summed E-state index contributed by atoms with van der Waals surface area (Å²) in [7, 11) is 1.75. The zero-order valence-corrected chi connectivity index (χ0v) is 14.9. The zero-order valence-electron chi connectivity index (χ0n) is 14.9. The van der Waals surface area contributed by atoms with E-state index < -0.39 is 0 Å². The van der Waals surface area contributed by atoms with Gasteiger partial charge in [-0.15, -0.1) is 0 Å². The zero-order chi connectivity index (χ0) is 16.9. The fourth-order valence-electron chi connectivity index (χ4n) is 3.75. The summed E-state index contributed by atoms with van der Waals surface area (Å²) in [6.07, 6.45) is 0.975. The van der Waals surface area contributed by atoms with Crippen molar-refractivity contribution in [3.05, 3.63) is 35.4 Å². The highest BCUT2D eigenvalue weighted by Crippen LogP contribution is 2.19. The SMILES string of the molecule is COCCN1CCN(CC(=O)N2CCc3ccccc3C2)CC1C. The van der Waals surface area contributed by atoms with E-state index in [1.165, 1.54) is 11.1 Å². The first kappa shape index (κ1) is 17.4. The van der Waals surface area contributed by atoms with Crippen molar-refractivity contribution in [2.75, 3.05) is 53.0 Å². The van der Waals surface area contributed by atoms with E-state index in [4.69, 9.17) is 4.74 Å². The number of amides is 1. The lowest BCUT2D eigenvalue weighted by molar-refractivity contribution is -0.134. The maximum Gasteiger partial charge on any atom is 0.237 e. The van der Waals surface area contributed by atoms with Gasteiger partial charge in [0.05, 0.1) is 13.2 Å². The molecule has 5 nitrogen and oxygen atoms in total. The summed E-state index contributed by atoms with van der Waals surface area (Å²) in [5.74, 6) is 0.266. The van der Waals surface area contributed by atoms with Crippen LogP contribution in [0.15, 0.2) is 24.3 Å².